The number of carboxylic acids is 2. The van der Waals surface area contributed by atoms with Crippen molar-refractivity contribution in [2.24, 2.45) is 5.92 Å². The summed E-state index contributed by atoms with van der Waals surface area (Å²) in [6.45, 7) is 9.67. The zero-order valence-electron chi connectivity index (χ0n) is 38.7. The van der Waals surface area contributed by atoms with Crippen LogP contribution in [-0.2, 0) is 52.5 Å². The third-order valence-electron chi connectivity index (χ3n) is 9.77. The van der Waals surface area contributed by atoms with Gasteiger partial charge in [0.15, 0.2) is 0 Å². The number of ketones is 1. The number of unbranched alkanes of at least 4 members (excludes halogenated alkanes) is 14. The fraction of sp³-hybridized carbons (Fsp3) is 0.844. The molecular weight excluding hydrogens is 805 g/mol. The van der Waals surface area contributed by atoms with E-state index in [-0.39, 0.29) is 127 Å². The summed E-state index contributed by atoms with van der Waals surface area (Å²) in [5.41, 5.74) is 0. The molecule has 0 saturated heterocycles. The summed E-state index contributed by atoms with van der Waals surface area (Å²) in [5.74, 6) is -2.87. The Balaban J connectivity index is 0. The van der Waals surface area contributed by atoms with Crippen molar-refractivity contribution in [2.75, 3.05) is 72.5 Å². The van der Waals surface area contributed by atoms with Gasteiger partial charge in [0, 0.05) is 44.8 Å². The van der Waals surface area contributed by atoms with E-state index in [1.165, 1.54) is 44.9 Å². The van der Waals surface area contributed by atoms with Crippen LogP contribution >= 0.6 is 0 Å². The third kappa shape index (κ3) is 44.4. The molecule has 0 fully saturated rings. The minimum Gasteiger partial charge on any atom is -0.481 e. The molecular formula is C45H84N4O13. The molecule has 0 aromatic heterocycles. The van der Waals surface area contributed by atoms with Crippen molar-refractivity contribution >= 4 is 41.4 Å². The van der Waals surface area contributed by atoms with E-state index in [1.54, 1.807) is 6.92 Å². The van der Waals surface area contributed by atoms with Crippen LogP contribution in [0.2, 0.25) is 0 Å². The van der Waals surface area contributed by atoms with Crippen molar-refractivity contribution in [3.63, 3.8) is 0 Å². The van der Waals surface area contributed by atoms with Gasteiger partial charge in [-0.05, 0) is 39.0 Å². The van der Waals surface area contributed by atoms with E-state index >= 15 is 0 Å². The van der Waals surface area contributed by atoms with Gasteiger partial charge in [0.2, 0.25) is 23.6 Å². The summed E-state index contributed by atoms with van der Waals surface area (Å²) in [7, 11) is 0. The van der Waals surface area contributed by atoms with Gasteiger partial charge in [-0.1, -0.05) is 104 Å². The van der Waals surface area contributed by atoms with Crippen molar-refractivity contribution in [2.45, 2.75) is 169 Å². The summed E-state index contributed by atoms with van der Waals surface area (Å²) < 4.78 is 21.3. The molecule has 0 aliphatic rings. The molecule has 362 valence electrons. The average molecular weight is 889 g/mol. The highest BCUT2D eigenvalue weighted by Crippen LogP contribution is 2.14. The number of amides is 4. The third-order valence-corrected chi connectivity index (χ3v) is 9.77. The van der Waals surface area contributed by atoms with Gasteiger partial charge in [0.25, 0.3) is 0 Å². The van der Waals surface area contributed by atoms with Crippen LogP contribution in [-0.4, -0.2) is 130 Å². The lowest BCUT2D eigenvalue weighted by atomic mass is 10.0. The predicted octanol–water partition coefficient (Wildman–Crippen LogP) is 5.50. The lowest BCUT2D eigenvalue weighted by Gasteiger charge is -2.14. The zero-order chi connectivity index (χ0) is 46.5. The number of nitrogens with one attached hydrogen (secondary N) is 4. The second kappa shape index (κ2) is 45.4. The smallest absolute Gasteiger partial charge is 0.326 e. The highest BCUT2D eigenvalue weighted by molar-refractivity contribution is 5.84. The quantitative estimate of drug-likeness (QED) is 0.0415. The zero-order valence-corrected chi connectivity index (χ0v) is 38.7. The SMILES string of the molecule is CC.CC(=O)[C@@H](C)CCCCNC(=O)COCCOCCNC(=O)COCCOCCNC(=O)CCC(NC(=O)CCCCCCCCCCCCCCCCC(=O)O)C(=O)O. The van der Waals surface area contributed by atoms with Gasteiger partial charge in [-0.25, -0.2) is 4.79 Å². The molecule has 0 rings (SSSR count). The van der Waals surface area contributed by atoms with E-state index in [2.05, 4.69) is 21.3 Å². The highest BCUT2D eigenvalue weighted by Gasteiger charge is 2.21. The largest absolute Gasteiger partial charge is 0.481 e. The summed E-state index contributed by atoms with van der Waals surface area (Å²) in [4.78, 5) is 81.6. The van der Waals surface area contributed by atoms with Gasteiger partial charge >= 0.3 is 11.9 Å². The van der Waals surface area contributed by atoms with E-state index < -0.39 is 18.0 Å². The number of hydrogen-bond acceptors (Lipinski definition) is 11. The van der Waals surface area contributed by atoms with E-state index in [4.69, 9.17) is 24.1 Å². The van der Waals surface area contributed by atoms with Gasteiger partial charge in [-0.2, -0.15) is 0 Å². The first-order valence-corrected chi connectivity index (χ1v) is 23.3. The van der Waals surface area contributed by atoms with Crippen LogP contribution in [0.1, 0.15) is 163 Å². The van der Waals surface area contributed by atoms with Crippen molar-refractivity contribution in [1.29, 1.82) is 0 Å². The van der Waals surface area contributed by atoms with Crippen LogP contribution in [0.15, 0.2) is 0 Å². The molecule has 0 saturated carbocycles. The molecule has 1 unspecified atom stereocenters. The summed E-state index contributed by atoms with van der Waals surface area (Å²) >= 11 is 0. The molecule has 0 aliphatic carbocycles. The molecule has 0 aromatic carbocycles. The number of rotatable bonds is 44. The number of Topliss-reactive ketones (excluding diaryl/α,β-unsaturated/α-hetero) is 1. The molecule has 6 N–H and O–H groups in total. The molecule has 0 spiro atoms. The molecule has 17 nitrogen and oxygen atoms in total. The van der Waals surface area contributed by atoms with Crippen molar-refractivity contribution in [3.05, 3.63) is 0 Å². The molecule has 4 amide bonds. The summed E-state index contributed by atoms with van der Waals surface area (Å²) in [6, 6.07) is -1.14. The number of carbonyl (C=O) groups excluding carboxylic acids is 5. The van der Waals surface area contributed by atoms with Crippen molar-refractivity contribution in [3.8, 4) is 0 Å². The van der Waals surface area contributed by atoms with E-state index in [9.17, 15) is 38.7 Å². The first-order valence-electron chi connectivity index (χ1n) is 23.3. The molecule has 62 heavy (non-hydrogen) atoms. The summed E-state index contributed by atoms with van der Waals surface area (Å²) in [6.07, 6.45) is 18.0. The number of aliphatic carboxylic acids is 2. The first kappa shape index (κ1) is 60.4. The molecule has 2 atom stereocenters. The van der Waals surface area contributed by atoms with Gasteiger partial charge < -0.3 is 50.4 Å². The van der Waals surface area contributed by atoms with Crippen LogP contribution in [0, 0.1) is 5.92 Å². The van der Waals surface area contributed by atoms with Gasteiger partial charge in [0.1, 0.15) is 25.0 Å². The van der Waals surface area contributed by atoms with E-state index in [0.29, 0.717) is 13.0 Å². The normalized spacial score (nSPS) is 11.7. The topological polar surface area (TPSA) is 245 Å². The Kier molecular flexibility index (Phi) is 44.2. The molecule has 0 heterocycles. The molecule has 0 bridgehead atoms. The Morgan fingerprint density at radius 1 is 0.452 bits per heavy atom. The molecule has 17 heteroatoms. The Morgan fingerprint density at radius 2 is 0.871 bits per heavy atom. The van der Waals surface area contributed by atoms with E-state index in [1.807, 2.05) is 20.8 Å². The van der Waals surface area contributed by atoms with Crippen LogP contribution in [0.5, 0.6) is 0 Å². The summed E-state index contributed by atoms with van der Waals surface area (Å²) in [5, 5.41) is 28.8. The monoisotopic (exact) mass is 889 g/mol. The Morgan fingerprint density at radius 3 is 1.32 bits per heavy atom. The van der Waals surface area contributed by atoms with Gasteiger partial charge in [-0.3, -0.25) is 28.8 Å². The Labute approximate surface area is 371 Å². The minimum atomic E-state index is -1.18. The standard InChI is InChI=1S/C43H78N4O13.C2H6/c1-35(36(2)48)19-17-18-24-44-40(51)33-59-31-30-58-28-26-46-41(52)34-60-32-29-57-27-25-45-38(49)23-22-37(43(55)56)47-39(50)20-15-13-11-9-7-5-3-4-6-8-10-12-14-16-21-42(53)54;1-2/h35,37H,3-34H2,1-2H3,(H,44,51)(H,45,49)(H,46,52)(H,47,50)(H,53,54)(H,55,56);1-2H3/t35-,37?;/m0./s1. The number of carbonyl (C=O) groups is 7. The minimum absolute atomic E-state index is 0.0245. The van der Waals surface area contributed by atoms with Crippen LogP contribution < -0.4 is 21.3 Å². The fourth-order valence-corrected chi connectivity index (χ4v) is 5.97. The van der Waals surface area contributed by atoms with Crippen LogP contribution in [0.3, 0.4) is 0 Å². The Hall–Kier alpha value is -3.67. The first-order chi connectivity index (χ1) is 29.9. The predicted molar refractivity (Wildman–Crippen MR) is 238 cm³/mol. The van der Waals surface area contributed by atoms with E-state index in [0.717, 1.165) is 57.8 Å². The fourth-order valence-electron chi connectivity index (χ4n) is 5.97. The Bertz CT molecular complexity index is 1170. The number of hydrogen-bond donors (Lipinski definition) is 6. The van der Waals surface area contributed by atoms with Crippen LogP contribution in [0.25, 0.3) is 0 Å². The lowest BCUT2D eigenvalue weighted by Crippen LogP contribution is -2.41. The number of ether oxygens (including phenoxy) is 4. The lowest BCUT2D eigenvalue weighted by molar-refractivity contribution is -0.142. The second-order valence-corrected chi connectivity index (χ2v) is 15.2. The van der Waals surface area contributed by atoms with Crippen LogP contribution in [0.4, 0.5) is 0 Å². The maximum atomic E-state index is 12.3. The van der Waals surface area contributed by atoms with Gasteiger partial charge in [-0.15, -0.1) is 0 Å². The highest BCUT2D eigenvalue weighted by atomic mass is 16.5. The van der Waals surface area contributed by atoms with Crippen molar-refractivity contribution in [1.82, 2.24) is 21.3 Å². The van der Waals surface area contributed by atoms with Crippen molar-refractivity contribution < 1.29 is 62.7 Å². The van der Waals surface area contributed by atoms with Gasteiger partial charge in [0.05, 0.1) is 39.6 Å². The maximum Gasteiger partial charge on any atom is 0.326 e. The molecule has 0 aromatic rings. The molecule has 0 aliphatic heterocycles. The maximum absolute atomic E-state index is 12.3. The molecule has 0 radical (unpaired) electrons. The second-order valence-electron chi connectivity index (χ2n) is 15.2. The number of carboxylic acid groups (broad SMARTS) is 2. The average Bonchev–Trinajstić information content (AvgIpc) is 3.24.